The summed E-state index contributed by atoms with van der Waals surface area (Å²) >= 11 is 2.98. The van der Waals surface area contributed by atoms with Crippen molar-refractivity contribution in [2.75, 3.05) is 0 Å². The van der Waals surface area contributed by atoms with E-state index in [0.717, 1.165) is 14.6 Å². The molecule has 0 N–H and O–H groups in total. The first-order valence-electron chi connectivity index (χ1n) is 7.68. The molecule has 0 saturated carbocycles. The quantitative estimate of drug-likeness (QED) is 0.394. The number of aromatic nitrogens is 3. The van der Waals surface area contributed by atoms with Gasteiger partial charge in [-0.2, -0.15) is 5.10 Å². The molecule has 130 valence electrons. The zero-order chi connectivity index (χ0) is 18.3. The van der Waals surface area contributed by atoms with E-state index in [2.05, 4.69) is 10.1 Å². The first-order valence-corrected chi connectivity index (χ1v) is 9.38. The van der Waals surface area contributed by atoms with E-state index >= 15 is 0 Å². The van der Waals surface area contributed by atoms with Gasteiger partial charge >= 0.3 is 0 Å². The van der Waals surface area contributed by atoms with Gasteiger partial charge in [0.1, 0.15) is 5.69 Å². The number of aryl methyl sites for hydroxylation is 1. The molecule has 7 nitrogen and oxygen atoms in total. The summed E-state index contributed by atoms with van der Waals surface area (Å²) in [5.41, 5.74) is 1.43. The van der Waals surface area contributed by atoms with Crippen LogP contribution in [0.2, 0.25) is 0 Å². The Bertz CT molecular complexity index is 1180. The van der Waals surface area contributed by atoms with Gasteiger partial charge in [-0.1, -0.05) is 18.2 Å². The van der Waals surface area contributed by atoms with Gasteiger partial charge in [-0.25, -0.2) is 9.67 Å². The van der Waals surface area contributed by atoms with Crippen LogP contribution >= 0.6 is 22.7 Å². The number of hydrogen-bond donors (Lipinski definition) is 0. The number of benzene rings is 1. The minimum absolute atomic E-state index is 0.0142. The monoisotopic (exact) mass is 384 g/mol. The Morgan fingerprint density at radius 2 is 2.12 bits per heavy atom. The molecule has 9 heteroatoms. The predicted octanol–water partition coefficient (Wildman–Crippen LogP) is 3.85. The molecule has 0 amide bonds. The number of nitro groups is 1. The van der Waals surface area contributed by atoms with Crippen LogP contribution in [0.3, 0.4) is 0 Å². The number of thiophene rings is 1. The second-order valence-electron chi connectivity index (χ2n) is 5.63. The Kier molecular flexibility index (Phi) is 4.09. The minimum Gasteiger partial charge on any atom is -0.265 e. The zero-order valence-corrected chi connectivity index (χ0v) is 15.2. The highest BCUT2D eigenvalue weighted by atomic mass is 32.1. The topological polar surface area (TPSA) is 90.9 Å². The van der Waals surface area contributed by atoms with E-state index in [1.165, 1.54) is 39.5 Å². The summed E-state index contributed by atoms with van der Waals surface area (Å²) in [6.07, 6.45) is 0. The van der Waals surface area contributed by atoms with Crippen LogP contribution in [0.5, 0.6) is 0 Å². The Balaban J connectivity index is 1.88. The highest BCUT2D eigenvalue weighted by Crippen LogP contribution is 2.32. The van der Waals surface area contributed by atoms with Crippen molar-refractivity contribution in [3.05, 3.63) is 72.8 Å². The van der Waals surface area contributed by atoms with Crippen LogP contribution in [0.4, 0.5) is 5.69 Å². The maximum atomic E-state index is 12.8. The van der Waals surface area contributed by atoms with Crippen molar-refractivity contribution in [1.29, 1.82) is 0 Å². The first-order chi connectivity index (χ1) is 12.5. The van der Waals surface area contributed by atoms with Crippen LogP contribution in [0, 0.1) is 17.0 Å². The molecular weight excluding hydrogens is 372 g/mol. The van der Waals surface area contributed by atoms with Crippen molar-refractivity contribution in [3.63, 3.8) is 0 Å². The molecule has 4 rings (SSSR count). The van der Waals surface area contributed by atoms with Crippen molar-refractivity contribution < 1.29 is 4.92 Å². The van der Waals surface area contributed by atoms with E-state index in [1.54, 1.807) is 12.1 Å². The molecule has 0 atom stereocenters. The van der Waals surface area contributed by atoms with Gasteiger partial charge in [-0.3, -0.25) is 14.9 Å². The van der Waals surface area contributed by atoms with E-state index in [9.17, 15) is 14.9 Å². The van der Waals surface area contributed by atoms with Crippen molar-refractivity contribution in [3.8, 4) is 10.6 Å². The van der Waals surface area contributed by atoms with E-state index in [1.807, 2.05) is 24.4 Å². The molecule has 1 aromatic carbocycles. The fourth-order valence-corrected chi connectivity index (χ4v) is 4.38. The molecule has 0 bridgehead atoms. The molecule has 26 heavy (non-hydrogen) atoms. The average Bonchev–Trinajstić information content (AvgIpc) is 3.27. The minimum atomic E-state index is -0.455. The maximum absolute atomic E-state index is 12.8. The number of nitro benzene ring substituents is 1. The SMILES string of the molecule is Cc1nc2c(=O)n(Cc3cccc([N+](=O)[O-])c3)nc(-c3cccs3)c2s1. The van der Waals surface area contributed by atoms with Crippen molar-refractivity contribution in [1.82, 2.24) is 14.8 Å². The Morgan fingerprint density at radius 3 is 2.85 bits per heavy atom. The van der Waals surface area contributed by atoms with Crippen LogP contribution < -0.4 is 5.56 Å². The van der Waals surface area contributed by atoms with Gasteiger partial charge in [0.05, 0.1) is 26.1 Å². The van der Waals surface area contributed by atoms with Gasteiger partial charge < -0.3 is 0 Å². The van der Waals surface area contributed by atoms with Crippen LogP contribution in [0.15, 0.2) is 46.6 Å². The third kappa shape index (κ3) is 2.91. The van der Waals surface area contributed by atoms with Crippen molar-refractivity contribution in [2.24, 2.45) is 0 Å². The number of nitrogens with zero attached hydrogens (tertiary/aromatic N) is 4. The fraction of sp³-hybridized carbons (Fsp3) is 0.118. The van der Waals surface area contributed by atoms with Crippen LogP contribution in [-0.2, 0) is 6.54 Å². The molecule has 0 saturated heterocycles. The summed E-state index contributed by atoms with van der Waals surface area (Å²) in [6, 6.07) is 10.1. The second kappa shape index (κ2) is 6.43. The van der Waals surface area contributed by atoms with Gasteiger partial charge in [-0.15, -0.1) is 22.7 Å². The van der Waals surface area contributed by atoms with Gasteiger partial charge in [-0.05, 0) is 23.9 Å². The Hall–Kier alpha value is -2.91. The third-order valence-corrected chi connectivity index (χ3v) is 5.67. The maximum Gasteiger partial charge on any atom is 0.294 e. The highest BCUT2D eigenvalue weighted by molar-refractivity contribution is 7.20. The van der Waals surface area contributed by atoms with Gasteiger partial charge in [0, 0.05) is 12.1 Å². The van der Waals surface area contributed by atoms with Crippen molar-refractivity contribution >= 4 is 38.6 Å². The van der Waals surface area contributed by atoms with E-state index in [-0.39, 0.29) is 17.8 Å². The molecule has 0 radical (unpaired) electrons. The lowest BCUT2D eigenvalue weighted by Crippen LogP contribution is -2.24. The van der Waals surface area contributed by atoms with Crippen LogP contribution in [-0.4, -0.2) is 19.7 Å². The van der Waals surface area contributed by atoms with Gasteiger partial charge in [0.15, 0.2) is 5.52 Å². The molecule has 0 spiro atoms. The van der Waals surface area contributed by atoms with Gasteiger partial charge in [0.2, 0.25) is 0 Å². The summed E-state index contributed by atoms with van der Waals surface area (Å²) in [5.74, 6) is 0. The molecule has 4 aromatic rings. The van der Waals surface area contributed by atoms with E-state index in [4.69, 9.17) is 0 Å². The third-order valence-electron chi connectivity index (χ3n) is 3.82. The molecule has 0 unspecified atom stereocenters. The largest absolute Gasteiger partial charge is 0.294 e. The normalized spacial score (nSPS) is 11.1. The highest BCUT2D eigenvalue weighted by Gasteiger charge is 2.17. The summed E-state index contributed by atoms with van der Waals surface area (Å²) in [4.78, 5) is 28.6. The number of hydrogen-bond acceptors (Lipinski definition) is 7. The molecule has 3 aromatic heterocycles. The summed E-state index contributed by atoms with van der Waals surface area (Å²) < 4.78 is 2.10. The zero-order valence-electron chi connectivity index (χ0n) is 13.6. The number of rotatable bonds is 4. The Morgan fingerprint density at radius 1 is 1.27 bits per heavy atom. The standard InChI is InChI=1S/C17H12N4O3S2/c1-10-18-15-16(26-10)14(13-6-3-7-25-13)19-20(17(15)22)9-11-4-2-5-12(8-11)21(23)24/h2-8H,9H2,1H3. The number of thiazole rings is 1. The summed E-state index contributed by atoms with van der Waals surface area (Å²) in [6.45, 7) is 2.00. The molecule has 0 aliphatic heterocycles. The van der Waals surface area contributed by atoms with Crippen LogP contribution in [0.25, 0.3) is 20.8 Å². The number of non-ortho nitro benzene ring substituents is 1. The average molecular weight is 384 g/mol. The summed E-state index contributed by atoms with van der Waals surface area (Å²) in [5, 5.41) is 18.3. The Labute approximate surface area is 155 Å². The second-order valence-corrected chi connectivity index (χ2v) is 7.78. The van der Waals surface area contributed by atoms with E-state index in [0.29, 0.717) is 16.8 Å². The molecule has 0 aliphatic rings. The molecule has 0 aliphatic carbocycles. The van der Waals surface area contributed by atoms with E-state index < -0.39 is 4.92 Å². The van der Waals surface area contributed by atoms with Crippen LogP contribution in [0.1, 0.15) is 10.6 Å². The fourth-order valence-electron chi connectivity index (χ4n) is 2.69. The lowest BCUT2D eigenvalue weighted by Gasteiger charge is -2.07. The lowest BCUT2D eigenvalue weighted by atomic mass is 10.2. The lowest BCUT2D eigenvalue weighted by molar-refractivity contribution is -0.384. The van der Waals surface area contributed by atoms with Crippen molar-refractivity contribution in [2.45, 2.75) is 13.5 Å². The first kappa shape index (κ1) is 16.6. The number of fused-ring (bicyclic) bond motifs is 1. The van der Waals surface area contributed by atoms with Gasteiger partial charge in [0.25, 0.3) is 11.2 Å². The summed E-state index contributed by atoms with van der Waals surface area (Å²) in [7, 11) is 0. The molecule has 0 fully saturated rings. The molecule has 3 heterocycles. The predicted molar refractivity (Wildman–Crippen MR) is 102 cm³/mol. The molecular formula is C17H12N4O3S2. The smallest absolute Gasteiger partial charge is 0.265 e.